The lowest BCUT2D eigenvalue weighted by molar-refractivity contribution is -0.0395. The minimum atomic E-state index is 0.00546. The maximum atomic E-state index is 6.45. The molecule has 1 aliphatic heterocycles. The molecule has 1 unspecified atom stereocenters. The zero-order chi connectivity index (χ0) is 28.0. The van der Waals surface area contributed by atoms with Crippen LogP contribution in [0.2, 0.25) is 0 Å². The number of piperidine rings is 1. The summed E-state index contributed by atoms with van der Waals surface area (Å²) in [4.78, 5) is 7.15. The molecular formula is C30H42IN4O4P. The van der Waals surface area contributed by atoms with Crippen LogP contribution in [0.1, 0.15) is 64.7 Å². The van der Waals surface area contributed by atoms with Crippen LogP contribution >= 0.6 is 28.4 Å². The van der Waals surface area contributed by atoms with E-state index in [1.54, 1.807) is 14.2 Å². The van der Waals surface area contributed by atoms with Gasteiger partial charge in [-0.05, 0) is 97.8 Å². The first-order valence-electron chi connectivity index (χ1n) is 14.4. The maximum Gasteiger partial charge on any atom is 0.145 e. The molecule has 6 rings (SSSR count). The number of halogens is 1. The molecular weight excluding hydrogens is 638 g/mol. The second kappa shape index (κ2) is 14.1. The largest absolute Gasteiger partial charge is 0.488 e. The molecule has 0 bridgehead atoms. The molecule has 0 radical (unpaired) electrons. The van der Waals surface area contributed by atoms with E-state index >= 15 is 0 Å². The Morgan fingerprint density at radius 2 is 1.70 bits per heavy atom. The highest BCUT2D eigenvalue weighted by atomic mass is 127. The van der Waals surface area contributed by atoms with Gasteiger partial charge in [0.2, 0.25) is 0 Å². The van der Waals surface area contributed by atoms with Crippen LogP contribution in [0.25, 0.3) is 22.2 Å². The summed E-state index contributed by atoms with van der Waals surface area (Å²) in [5.74, 6) is 1.97. The maximum absolute atomic E-state index is 6.45. The predicted octanol–water partition coefficient (Wildman–Crippen LogP) is 7.38. The summed E-state index contributed by atoms with van der Waals surface area (Å²) in [5.41, 5.74) is 3.28. The fraction of sp³-hybridized carbons (Fsp3) is 0.600. The van der Waals surface area contributed by atoms with Crippen molar-refractivity contribution in [2.24, 2.45) is 0 Å². The standard InChI is InChI=1S/C27H34IN4O2P.C3H8O2/c1-27(12-13-27)34-22-7-8-24-23(18-22)26(30-32(24)35-28)19-9-14-29-25(17-19)31-15-10-21(11-16-31)33-20-5-3-2-4-6-20;1-4-3-5-2/h7-9,14,17-18,20-21,35H,2-6,10-13,15-16H2,1H3;3H2,1-2H3. The molecule has 3 aromatic rings. The first-order chi connectivity index (χ1) is 19.5. The molecule has 1 saturated heterocycles. The van der Waals surface area contributed by atoms with Crippen molar-refractivity contribution in [2.75, 3.05) is 39.0 Å². The molecule has 0 amide bonds. The third-order valence-electron chi connectivity index (χ3n) is 8.01. The molecule has 3 fully saturated rings. The molecule has 218 valence electrons. The summed E-state index contributed by atoms with van der Waals surface area (Å²) in [6.45, 7) is 4.57. The number of nitrogens with zero attached hydrogens (tertiary/aromatic N) is 4. The average molecular weight is 681 g/mol. The van der Waals surface area contributed by atoms with E-state index in [0.29, 0.717) is 25.4 Å². The Morgan fingerprint density at radius 3 is 2.35 bits per heavy atom. The summed E-state index contributed by atoms with van der Waals surface area (Å²) in [6.07, 6.45) is 14.3. The smallest absolute Gasteiger partial charge is 0.145 e. The Balaban J connectivity index is 0.000000595. The zero-order valence-corrected chi connectivity index (χ0v) is 27.1. The van der Waals surface area contributed by atoms with Crippen LogP contribution in [0.5, 0.6) is 5.75 Å². The summed E-state index contributed by atoms with van der Waals surface area (Å²) in [7, 11) is 3.17. The molecule has 40 heavy (non-hydrogen) atoms. The highest BCUT2D eigenvalue weighted by molar-refractivity contribution is 14.2. The van der Waals surface area contributed by atoms with Gasteiger partial charge in [0.25, 0.3) is 0 Å². The van der Waals surface area contributed by atoms with Gasteiger partial charge < -0.3 is 23.8 Å². The molecule has 10 heteroatoms. The number of hydrogen-bond donors (Lipinski definition) is 0. The first kappa shape index (κ1) is 30.0. The van der Waals surface area contributed by atoms with Gasteiger partial charge in [-0.15, -0.1) is 0 Å². The average Bonchev–Trinajstić information content (AvgIpc) is 3.59. The Kier molecular flexibility index (Phi) is 10.6. The van der Waals surface area contributed by atoms with E-state index in [2.05, 4.69) is 78.1 Å². The topological polar surface area (TPSA) is 70.9 Å². The van der Waals surface area contributed by atoms with Gasteiger partial charge in [0.1, 0.15) is 29.7 Å². The van der Waals surface area contributed by atoms with Crippen LogP contribution in [0, 0.1) is 0 Å². The number of methoxy groups -OCH3 is 2. The molecule has 1 atom stereocenters. The third-order valence-corrected chi connectivity index (χ3v) is 9.88. The van der Waals surface area contributed by atoms with Crippen molar-refractivity contribution in [1.29, 1.82) is 0 Å². The SMILES string of the molecule is CC1(Oc2ccc3c(c2)c(-c2ccnc(N4CCC(OC5CCCCC5)CC4)c2)nn3PI)CC1.COCOC. The van der Waals surface area contributed by atoms with Gasteiger partial charge >= 0.3 is 0 Å². The van der Waals surface area contributed by atoms with E-state index in [4.69, 9.17) is 19.6 Å². The van der Waals surface area contributed by atoms with E-state index in [1.807, 2.05) is 6.20 Å². The van der Waals surface area contributed by atoms with E-state index in [9.17, 15) is 0 Å². The van der Waals surface area contributed by atoms with E-state index in [0.717, 1.165) is 72.5 Å². The van der Waals surface area contributed by atoms with Gasteiger partial charge in [-0.25, -0.2) is 9.44 Å². The van der Waals surface area contributed by atoms with Crippen molar-refractivity contribution in [3.05, 3.63) is 36.5 Å². The Hall–Kier alpha value is -1.52. The number of anilines is 1. The van der Waals surface area contributed by atoms with Gasteiger partial charge in [-0.3, -0.25) is 0 Å². The highest BCUT2D eigenvalue weighted by Gasteiger charge is 2.40. The quantitative estimate of drug-likeness (QED) is 0.133. The Morgan fingerprint density at radius 1 is 0.975 bits per heavy atom. The summed E-state index contributed by atoms with van der Waals surface area (Å²) in [6, 6.07) is 10.7. The van der Waals surface area contributed by atoms with Gasteiger partial charge in [-0.1, -0.05) is 19.3 Å². The number of benzene rings is 1. The zero-order valence-electron chi connectivity index (χ0n) is 23.9. The number of rotatable bonds is 9. The number of hydrogen-bond acceptors (Lipinski definition) is 7. The van der Waals surface area contributed by atoms with E-state index < -0.39 is 0 Å². The van der Waals surface area contributed by atoms with Crippen LogP contribution in [-0.4, -0.2) is 66.4 Å². The lowest BCUT2D eigenvalue weighted by Crippen LogP contribution is -2.39. The number of aromatic nitrogens is 3. The lowest BCUT2D eigenvalue weighted by atomic mass is 9.97. The van der Waals surface area contributed by atoms with Crippen LogP contribution in [-0.2, 0) is 14.2 Å². The minimum absolute atomic E-state index is 0.00546. The van der Waals surface area contributed by atoms with Gasteiger partial charge in [0.15, 0.2) is 0 Å². The molecule has 1 aromatic carbocycles. The molecule has 2 saturated carbocycles. The Labute approximate surface area is 252 Å². The Bertz CT molecular complexity index is 1240. The molecule has 3 heterocycles. The van der Waals surface area contributed by atoms with Gasteiger partial charge in [0.05, 0.1) is 24.1 Å². The van der Waals surface area contributed by atoms with Crippen LogP contribution in [0.15, 0.2) is 36.5 Å². The highest BCUT2D eigenvalue weighted by Crippen LogP contribution is 2.42. The monoisotopic (exact) mass is 680 g/mol. The van der Waals surface area contributed by atoms with Crippen molar-refractivity contribution < 1.29 is 18.9 Å². The number of ether oxygens (including phenoxy) is 4. The summed E-state index contributed by atoms with van der Waals surface area (Å²) < 4.78 is 23.8. The predicted molar refractivity (Wildman–Crippen MR) is 171 cm³/mol. The van der Waals surface area contributed by atoms with Gasteiger partial charge in [-0.2, -0.15) is 5.10 Å². The van der Waals surface area contributed by atoms with E-state index in [1.165, 1.54) is 32.1 Å². The fourth-order valence-electron chi connectivity index (χ4n) is 5.55. The normalized spacial score (nSPS) is 19.6. The number of fused-ring (bicyclic) bond motifs is 1. The fourth-order valence-corrected chi connectivity index (χ4v) is 7.08. The number of pyridine rings is 1. The van der Waals surface area contributed by atoms with Crippen LogP contribution in [0.4, 0.5) is 5.82 Å². The second-order valence-electron chi connectivity index (χ2n) is 11.3. The van der Waals surface area contributed by atoms with Crippen molar-refractivity contribution in [1.82, 2.24) is 14.5 Å². The molecule has 3 aliphatic rings. The molecule has 0 N–H and O–H groups in total. The van der Waals surface area contributed by atoms with Crippen molar-refractivity contribution >= 4 is 45.1 Å². The minimum Gasteiger partial charge on any atom is -0.488 e. The third kappa shape index (κ3) is 7.65. The molecule has 0 spiro atoms. The van der Waals surface area contributed by atoms with Crippen molar-refractivity contribution in [3.8, 4) is 17.0 Å². The van der Waals surface area contributed by atoms with Crippen LogP contribution < -0.4 is 9.64 Å². The summed E-state index contributed by atoms with van der Waals surface area (Å²) >= 11 is 2.40. The van der Waals surface area contributed by atoms with E-state index in [-0.39, 0.29) is 5.60 Å². The first-order valence-corrected chi connectivity index (χ1v) is 18.5. The molecule has 2 aromatic heterocycles. The lowest BCUT2D eigenvalue weighted by Gasteiger charge is -2.35. The molecule has 2 aliphatic carbocycles. The summed E-state index contributed by atoms with van der Waals surface area (Å²) in [5, 5.41) is 6.14. The van der Waals surface area contributed by atoms with Crippen molar-refractivity contribution in [3.63, 3.8) is 0 Å². The molecule has 8 nitrogen and oxygen atoms in total. The van der Waals surface area contributed by atoms with Crippen LogP contribution in [0.3, 0.4) is 0 Å². The van der Waals surface area contributed by atoms with Crippen molar-refractivity contribution in [2.45, 2.75) is 82.5 Å². The van der Waals surface area contributed by atoms with Gasteiger partial charge in [0, 0.05) is 44.5 Å². The second-order valence-corrected chi connectivity index (χ2v) is 13.3.